The summed E-state index contributed by atoms with van der Waals surface area (Å²) in [6.45, 7) is 0. The lowest BCUT2D eigenvalue weighted by Crippen LogP contribution is -2.40. The average molecular weight is 456 g/mol. The standard InChI is InChI=1S/C22H18ClN3O4S/c1-30-17-8-4-13(5-9-17)20(29)18-10-15(11-19(28)26-22(24)25-12-27)21(31-18)14-2-6-16(23)7-3-14/h2-10,12H,11H2,1H3,(H3,24,25,26,27,28). The second kappa shape index (κ2) is 10.0. The van der Waals surface area contributed by atoms with Crippen LogP contribution in [0.2, 0.25) is 5.02 Å². The van der Waals surface area contributed by atoms with Gasteiger partial charge in [-0.3, -0.25) is 30.4 Å². The number of nitrogens with one attached hydrogen (secondary N) is 3. The van der Waals surface area contributed by atoms with Crippen molar-refractivity contribution in [3.8, 4) is 16.2 Å². The minimum Gasteiger partial charge on any atom is -0.497 e. The number of hydrogen-bond acceptors (Lipinski definition) is 6. The van der Waals surface area contributed by atoms with E-state index in [1.54, 1.807) is 49.6 Å². The molecule has 7 nitrogen and oxygen atoms in total. The van der Waals surface area contributed by atoms with Crippen molar-refractivity contribution >= 4 is 47.0 Å². The van der Waals surface area contributed by atoms with E-state index in [4.69, 9.17) is 21.7 Å². The van der Waals surface area contributed by atoms with Gasteiger partial charge >= 0.3 is 0 Å². The van der Waals surface area contributed by atoms with Crippen LogP contribution in [0.3, 0.4) is 0 Å². The lowest BCUT2D eigenvalue weighted by molar-refractivity contribution is -0.119. The van der Waals surface area contributed by atoms with Gasteiger partial charge in [0.2, 0.25) is 24.1 Å². The van der Waals surface area contributed by atoms with Crippen LogP contribution in [0.25, 0.3) is 10.4 Å². The van der Waals surface area contributed by atoms with Crippen molar-refractivity contribution in [2.45, 2.75) is 6.42 Å². The van der Waals surface area contributed by atoms with Crippen LogP contribution in [0, 0.1) is 5.41 Å². The van der Waals surface area contributed by atoms with Crippen LogP contribution >= 0.6 is 22.9 Å². The summed E-state index contributed by atoms with van der Waals surface area (Å²) < 4.78 is 5.13. The van der Waals surface area contributed by atoms with Crippen molar-refractivity contribution in [1.82, 2.24) is 10.6 Å². The Balaban J connectivity index is 1.93. The molecule has 0 fully saturated rings. The third kappa shape index (κ3) is 5.56. The van der Waals surface area contributed by atoms with Gasteiger partial charge in [-0.05, 0) is 53.6 Å². The fraction of sp³-hybridized carbons (Fsp3) is 0.0909. The molecule has 3 aromatic rings. The number of rotatable bonds is 7. The third-order valence-corrected chi connectivity index (χ3v) is 5.79. The number of ether oxygens (including phenoxy) is 1. The van der Waals surface area contributed by atoms with Gasteiger partial charge in [0.15, 0.2) is 0 Å². The molecule has 31 heavy (non-hydrogen) atoms. The number of methoxy groups -OCH3 is 1. The molecule has 0 saturated carbocycles. The Bertz CT molecular complexity index is 1120. The summed E-state index contributed by atoms with van der Waals surface area (Å²) in [5.41, 5.74) is 1.94. The number of carbonyl (C=O) groups is 3. The van der Waals surface area contributed by atoms with Gasteiger partial charge in [0, 0.05) is 15.5 Å². The average Bonchev–Trinajstić information content (AvgIpc) is 3.17. The van der Waals surface area contributed by atoms with Crippen molar-refractivity contribution in [1.29, 1.82) is 5.41 Å². The second-order valence-electron chi connectivity index (χ2n) is 6.39. The molecule has 0 aliphatic carbocycles. The SMILES string of the molecule is COc1ccc(C(=O)c2cc(CC(=O)NC(=N)NC=O)c(-c3ccc(Cl)cc3)s2)cc1. The van der Waals surface area contributed by atoms with Crippen molar-refractivity contribution in [3.05, 3.63) is 75.6 Å². The molecule has 0 spiro atoms. The number of carbonyl (C=O) groups excluding carboxylic acids is 3. The van der Waals surface area contributed by atoms with Gasteiger partial charge in [-0.25, -0.2) is 0 Å². The minimum atomic E-state index is -0.490. The Morgan fingerprint density at radius 3 is 2.42 bits per heavy atom. The number of thiophene rings is 1. The first kappa shape index (κ1) is 22.2. The van der Waals surface area contributed by atoms with Crippen LogP contribution < -0.4 is 15.4 Å². The van der Waals surface area contributed by atoms with E-state index in [1.807, 2.05) is 12.1 Å². The predicted octanol–water partition coefficient (Wildman–Crippen LogP) is 3.65. The normalized spacial score (nSPS) is 10.3. The van der Waals surface area contributed by atoms with Crippen molar-refractivity contribution in [2.24, 2.45) is 0 Å². The molecular formula is C22H18ClN3O4S. The molecule has 0 unspecified atom stereocenters. The van der Waals surface area contributed by atoms with E-state index < -0.39 is 11.9 Å². The van der Waals surface area contributed by atoms with Gasteiger partial charge in [-0.2, -0.15) is 0 Å². The number of hydrogen-bond donors (Lipinski definition) is 3. The molecule has 3 rings (SSSR count). The third-order valence-electron chi connectivity index (χ3n) is 4.31. The first-order chi connectivity index (χ1) is 14.9. The maximum Gasteiger partial charge on any atom is 0.231 e. The van der Waals surface area contributed by atoms with E-state index in [2.05, 4.69) is 10.6 Å². The summed E-state index contributed by atoms with van der Waals surface area (Å²) in [6.07, 6.45) is 0.227. The molecule has 1 heterocycles. The smallest absolute Gasteiger partial charge is 0.231 e. The fourth-order valence-corrected chi connectivity index (χ4v) is 4.13. The zero-order valence-corrected chi connectivity index (χ0v) is 18.0. The highest BCUT2D eigenvalue weighted by atomic mass is 35.5. The molecule has 0 atom stereocenters. The summed E-state index contributed by atoms with van der Waals surface area (Å²) in [7, 11) is 1.55. The summed E-state index contributed by atoms with van der Waals surface area (Å²) in [6, 6.07) is 15.5. The number of benzene rings is 2. The Morgan fingerprint density at radius 2 is 1.81 bits per heavy atom. The highest BCUT2D eigenvalue weighted by molar-refractivity contribution is 7.17. The predicted molar refractivity (Wildman–Crippen MR) is 120 cm³/mol. The molecule has 0 aliphatic heterocycles. The summed E-state index contributed by atoms with van der Waals surface area (Å²) in [5, 5.41) is 12.4. The molecule has 0 aliphatic rings. The molecule has 2 amide bonds. The van der Waals surface area contributed by atoms with E-state index >= 15 is 0 Å². The Labute approximate surface area is 187 Å². The lowest BCUT2D eigenvalue weighted by Gasteiger charge is -2.06. The number of ketones is 1. The van der Waals surface area contributed by atoms with Crippen LogP contribution in [0.5, 0.6) is 5.75 Å². The van der Waals surface area contributed by atoms with Gasteiger partial charge in [-0.15, -0.1) is 11.3 Å². The van der Waals surface area contributed by atoms with Crippen LogP contribution in [0.1, 0.15) is 20.8 Å². The number of halogens is 1. The topological polar surface area (TPSA) is 108 Å². The van der Waals surface area contributed by atoms with Gasteiger partial charge in [0.05, 0.1) is 18.4 Å². The van der Waals surface area contributed by atoms with Crippen LogP contribution in [0.4, 0.5) is 0 Å². The van der Waals surface area contributed by atoms with Crippen LogP contribution in [-0.4, -0.2) is 31.2 Å². The Kier molecular flexibility index (Phi) is 7.17. The molecule has 3 N–H and O–H groups in total. The number of guanidine groups is 1. The summed E-state index contributed by atoms with van der Waals surface area (Å²) >= 11 is 7.26. The van der Waals surface area contributed by atoms with Gasteiger partial charge in [0.1, 0.15) is 5.75 Å². The van der Waals surface area contributed by atoms with E-state index in [9.17, 15) is 14.4 Å². The van der Waals surface area contributed by atoms with Gasteiger partial charge in [0.25, 0.3) is 0 Å². The van der Waals surface area contributed by atoms with E-state index in [0.29, 0.717) is 33.2 Å². The van der Waals surface area contributed by atoms with Gasteiger partial charge in [-0.1, -0.05) is 23.7 Å². The monoisotopic (exact) mass is 455 g/mol. The largest absolute Gasteiger partial charge is 0.497 e. The zero-order valence-electron chi connectivity index (χ0n) is 16.4. The Hall–Kier alpha value is -3.49. The molecule has 2 aromatic carbocycles. The van der Waals surface area contributed by atoms with Crippen molar-refractivity contribution in [2.75, 3.05) is 7.11 Å². The summed E-state index contributed by atoms with van der Waals surface area (Å²) in [5.74, 6) is -0.438. The van der Waals surface area contributed by atoms with Crippen molar-refractivity contribution in [3.63, 3.8) is 0 Å². The maximum atomic E-state index is 13.0. The summed E-state index contributed by atoms with van der Waals surface area (Å²) in [4.78, 5) is 37.0. The molecule has 0 radical (unpaired) electrons. The molecule has 9 heteroatoms. The minimum absolute atomic E-state index is 0.0761. The Morgan fingerprint density at radius 1 is 1.13 bits per heavy atom. The molecule has 158 valence electrons. The molecular weight excluding hydrogens is 438 g/mol. The van der Waals surface area contributed by atoms with E-state index in [1.165, 1.54) is 11.3 Å². The number of amides is 2. The first-order valence-electron chi connectivity index (χ1n) is 9.07. The highest BCUT2D eigenvalue weighted by Gasteiger charge is 2.19. The lowest BCUT2D eigenvalue weighted by atomic mass is 10.0. The van der Waals surface area contributed by atoms with Crippen molar-refractivity contribution < 1.29 is 19.1 Å². The highest BCUT2D eigenvalue weighted by Crippen LogP contribution is 2.35. The second-order valence-corrected chi connectivity index (χ2v) is 7.88. The quantitative estimate of drug-likeness (QED) is 0.219. The first-order valence-corrected chi connectivity index (χ1v) is 10.3. The van der Waals surface area contributed by atoms with E-state index in [0.717, 1.165) is 10.4 Å². The fourth-order valence-electron chi connectivity index (χ4n) is 2.85. The van der Waals surface area contributed by atoms with Crippen LogP contribution in [-0.2, 0) is 16.0 Å². The van der Waals surface area contributed by atoms with Crippen LogP contribution in [0.15, 0.2) is 54.6 Å². The molecule has 1 aromatic heterocycles. The van der Waals surface area contributed by atoms with Gasteiger partial charge < -0.3 is 4.74 Å². The molecule has 0 saturated heterocycles. The zero-order chi connectivity index (χ0) is 22.4. The maximum absolute atomic E-state index is 13.0. The van der Waals surface area contributed by atoms with E-state index in [-0.39, 0.29) is 12.2 Å². The molecule has 0 bridgehead atoms.